The molecule has 140 valence electrons. The summed E-state index contributed by atoms with van der Waals surface area (Å²) in [5.41, 5.74) is 3.20. The Morgan fingerprint density at radius 1 is 1.24 bits per heavy atom. The van der Waals surface area contributed by atoms with Gasteiger partial charge in [0, 0.05) is 43.0 Å². The summed E-state index contributed by atoms with van der Waals surface area (Å²) >= 11 is 0. The second-order valence-electron chi connectivity index (χ2n) is 5.99. The van der Waals surface area contributed by atoms with E-state index in [0.29, 0.717) is 12.5 Å². The van der Waals surface area contributed by atoms with Gasteiger partial charge in [-0.05, 0) is 38.8 Å². The monoisotopic (exact) mass is 386 g/mol. The van der Waals surface area contributed by atoms with Gasteiger partial charge in [0.1, 0.15) is 0 Å². The smallest absolute Gasteiger partial charge is 0.224 e. The summed E-state index contributed by atoms with van der Waals surface area (Å²) in [4.78, 5) is 19.0. The van der Waals surface area contributed by atoms with Gasteiger partial charge in [-0.2, -0.15) is 0 Å². The molecule has 5 nitrogen and oxygen atoms in total. The van der Waals surface area contributed by atoms with Crippen molar-refractivity contribution in [2.45, 2.75) is 45.6 Å². The highest BCUT2D eigenvalue weighted by Gasteiger charge is 2.06. The highest BCUT2D eigenvalue weighted by molar-refractivity contribution is 5.90. The van der Waals surface area contributed by atoms with Crippen molar-refractivity contribution < 1.29 is 4.79 Å². The zero-order chi connectivity index (χ0) is 16.5. The van der Waals surface area contributed by atoms with Gasteiger partial charge in [-0.1, -0.05) is 17.7 Å². The predicted octanol–water partition coefficient (Wildman–Crippen LogP) is 3.89. The van der Waals surface area contributed by atoms with Gasteiger partial charge >= 0.3 is 0 Å². The van der Waals surface area contributed by atoms with Crippen LogP contribution in [0, 0.1) is 6.92 Å². The van der Waals surface area contributed by atoms with E-state index in [0.717, 1.165) is 37.2 Å². The molecule has 7 heteroatoms. The number of nitrogens with one attached hydrogen (secondary N) is 3. The van der Waals surface area contributed by atoms with Crippen LogP contribution in [0.1, 0.15) is 37.4 Å². The van der Waals surface area contributed by atoms with Crippen molar-refractivity contribution in [3.8, 4) is 0 Å². The number of aromatic nitrogens is 2. The van der Waals surface area contributed by atoms with E-state index in [1.807, 2.05) is 37.4 Å². The maximum atomic E-state index is 11.9. The molecule has 25 heavy (non-hydrogen) atoms. The second-order valence-corrected chi connectivity index (χ2v) is 5.99. The molecule has 1 amide bonds. The Balaban J connectivity index is 0.00000288. The number of nitrogens with zero attached hydrogens (tertiary/aromatic N) is 1. The van der Waals surface area contributed by atoms with E-state index in [1.165, 1.54) is 5.56 Å². The molecule has 1 atom stereocenters. The van der Waals surface area contributed by atoms with Crippen molar-refractivity contribution in [3.63, 3.8) is 0 Å². The molecule has 2 aromatic rings. The molecule has 3 N–H and O–H groups in total. The minimum Gasteiger partial charge on any atom is -0.348 e. The molecular weight excluding hydrogens is 359 g/mol. The molecule has 1 heterocycles. The van der Waals surface area contributed by atoms with Crippen LogP contribution in [0.25, 0.3) is 0 Å². The summed E-state index contributed by atoms with van der Waals surface area (Å²) in [6.45, 7) is 5.11. The lowest BCUT2D eigenvalue weighted by Gasteiger charge is -2.13. The molecule has 1 aromatic heterocycles. The van der Waals surface area contributed by atoms with E-state index in [4.69, 9.17) is 0 Å². The van der Waals surface area contributed by atoms with Crippen LogP contribution in [-0.2, 0) is 11.2 Å². The van der Waals surface area contributed by atoms with Crippen LogP contribution < -0.4 is 10.6 Å². The lowest BCUT2D eigenvalue weighted by atomic mass is 10.1. The van der Waals surface area contributed by atoms with Crippen LogP contribution in [0.5, 0.6) is 0 Å². The van der Waals surface area contributed by atoms with E-state index >= 15 is 0 Å². The van der Waals surface area contributed by atoms with Gasteiger partial charge in [-0.25, -0.2) is 4.98 Å². The molecule has 0 fully saturated rings. The molecule has 0 aliphatic rings. The summed E-state index contributed by atoms with van der Waals surface area (Å²) in [5, 5.41) is 6.41. The molecule has 0 spiro atoms. The average molecular weight is 387 g/mol. The summed E-state index contributed by atoms with van der Waals surface area (Å²) < 4.78 is 0. The number of benzene rings is 1. The first-order chi connectivity index (χ1) is 11.1. The molecule has 0 saturated heterocycles. The molecule has 1 unspecified atom stereocenters. The number of anilines is 1. The zero-order valence-electron chi connectivity index (χ0n) is 14.7. The van der Waals surface area contributed by atoms with E-state index in [1.54, 1.807) is 6.33 Å². The summed E-state index contributed by atoms with van der Waals surface area (Å²) in [6.07, 6.45) is 6.92. The molecule has 0 aliphatic heterocycles. The quantitative estimate of drug-likeness (QED) is 0.611. The number of hydrogen-bond donors (Lipinski definition) is 3. The first-order valence-corrected chi connectivity index (χ1v) is 8.20. The summed E-state index contributed by atoms with van der Waals surface area (Å²) in [7, 11) is 0. The fourth-order valence-electron chi connectivity index (χ4n) is 2.41. The van der Waals surface area contributed by atoms with E-state index in [2.05, 4.69) is 27.5 Å². The van der Waals surface area contributed by atoms with E-state index in [9.17, 15) is 4.79 Å². The molecule has 0 bridgehead atoms. The number of halogens is 2. The lowest BCUT2D eigenvalue weighted by Crippen LogP contribution is -2.28. The van der Waals surface area contributed by atoms with Gasteiger partial charge in [0.2, 0.25) is 5.91 Å². The molecule has 1 aromatic carbocycles. The van der Waals surface area contributed by atoms with Crippen LogP contribution >= 0.6 is 24.8 Å². The topological polar surface area (TPSA) is 69.8 Å². The fourth-order valence-corrected chi connectivity index (χ4v) is 2.41. The number of aromatic amines is 1. The van der Waals surface area contributed by atoms with Crippen molar-refractivity contribution in [1.29, 1.82) is 0 Å². The van der Waals surface area contributed by atoms with Gasteiger partial charge in [0.15, 0.2) is 0 Å². The average Bonchev–Trinajstić information content (AvgIpc) is 3.03. The van der Waals surface area contributed by atoms with Crippen LogP contribution in [-0.4, -0.2) is 28.5 Å². The lowest BCUT2D eigenvalue weighted by molar-refractivity contribution is -0.116. The third kappa shape index (κ3) is 9.48. The third-order valence-electron chi connectivity index (χ3n) is 3.82. The Morgan fingerprint density at radius 3 is 2.60 bits per heavy atom. The SMILES string of the molecule is Cc1ccc(NC(=O)CCCC(C)NCCc2cnc[nH]2)cc1.Cl.Cl. The van der Waals surface area contributed by atoms with Crippen LogP contribution in [0.15, 0.2) is 36.8 Å². The van der Waals surface area contributed by atoms with Crippen molar-refractivity contribution in [3.05, 3.63) is 48.0 Å². The number of hydrogen-bond acceptors (Lipinski definition) is 3. The van der Waals surface area contributed by atoms with Crippen molar-refractivity contribution >= 4 is 36.4 Å². The zero-order valence-corrected chi connectivity index (χ0v) is 16.4. The first kappa shape index (κ1) is 23.4. The summed E-state index contributed by atoms with van der Waals surface area (Å²) in [6, 6.07) is 8.28. The molecular formula is C18H28Cl2N4O. The Bertz CT molecular complexity index is 588. The Hall–Kier alpha value is -1.56. The number of carbonyl (C=O) groups excluding carboxylic acids is 1. The summed E-state index contributed by atoms with van der Waals surface area (Å²) in [5.74, 6) is 0.0820. The van der Waals surface area contributed by atoms with Gasteiger partial charge in [0.25, 0.3) is 0 Å². The normalized spacial score (nSPS) is 11.1. The predicted molar refractivity (Wildman–Crippen MR) is 108 cm³/mol. The van der Waals surface area contributed by atoms with Gasteiger partial charge in [-0.3, -0.25) is 4.79 Å². The number of H-pyrrole nitrogens is 1. The first-order valence-electron chi connectivity index (χ1n) is 8.20. The number of rotatable bonds is 9. The molecule has 2 rings (SSSR count). The van der Waals surface area contributed by atoms with E-state index in [-0.39, 0.29) is 30.7 Å². The molecule has 0 aliphatic carbocycles. The Labute approximate surface area is 162 Å². The Kier molecular flexibility index (Phi) is 12.0. The largest absolute Gasteiger partial charge is 0.348 e. The van der Waals surface area contributed by atoms with Gasteiger partial charge in [-0.15, -0.1) is 24.8 Å². The second kappa shape index (κ2) is 12.8. The van der Waals surface area contributed by atoms with Gasteiger partial charge in [0.05, 0.1) is 6.33 Å². The molecule has 0 radical (unpaired) electrons. The minimum atomic E-state index is 0. The highest BCUT2D eigenvalue weighted by atomic mass is 35.5. The third-order valence-corrected chi connectivity index (χ3v) is 3.82. The molecule has 0 saturated carbocycles. The number of imidazole rings is 1. The standard InChI is InChI=1S/C18H26N4O.2ClH/c1-14-6-8-16(9-7-14)22-18(23)5-3-4-15(2)20-11-10-17-12-19-13-21-17;;/h6-9,12-13,15,20H,3-5,10-11H2,1-2H3,(H,19,21)(H,22,23);2*1H. The Morgan fingerprint density at radius 2 is 1.96 bits per heavy atom. The van der Waals surface area contributed by atoms with Crippen LogP contribution in [0.3, 0.4) is 0 Å². The van der Waals surface area contributed by atoms with Crippen molar-refractivity contribution in [1.82, 2.24) is 15.3 Å². The van der Waals surface area contributed by atoms with Crippen molar-refractivity contribution in [2.24, 2.45) is 0 Å². The van der Waals surface area contributed by atoms with Crippen molar-refractivity contribution in [2.75, 3.05) is 11.9 Å². The van der Waals surface area contributed by atoms with E-state index < -0.39 is 0 Å². The van der Waals surface area contributed by atoms with Crippen LogP contribution in [0.2, 0.25) is 0 Å². The minimum absolute atomic E-state index is 0. The maximum absolute atomic E-state index is 11.9. The highest BCUT2D eigenvalue weighted by Crippen LogP contribution is 2.10. The number of aryl methyl sites for hydroxylation is 1. The fraction of sp³-hybridized carbons (Fsp3) is 0.444. The number of carbonyl (C=O) groups is 1. The van der Waals surface area contributed by atoms with Crippen LogP contribution in [0.4, 0.5) is 5.69 Å². The maximum Gasteiger partial charge on any atom is 0.224 e. The number of amides is 1. The van der Waals surface area contributed by atoms with Gasteiger partial charge < -0.3 is 15.6 Å².